The van der Waals surface area contributed by atoms with Crippen LogP contribution in [0.1, 0.15) is 0 Å². The van der Waals surface area contributed by atoms with Crippen molar-refractivity contribution in [3.63, 3.8) is 0 Å². The van der Waals surface area contributed by atoms with Crippen LogP contribution in [0, 0.1) is 0 Å². The molecule has 0 radical (unpaired) electrons. The topological polar surface area (TPSA) is 43.4 Å². The first-order chi connectivity index (χ1) is 11.6. The Morgan fingerprint density at radius 2 is 0.708 bits per heavy atom. The van der Waals surface area contributed by atoms with Crippen LogP contribution in [0.5, 0.6) is 23.0 Å². The van der Waals surface area contributed by atoms with Gasteiger partial charge in [0.15, 0.2) is 0 Å². The van der Waals surface area contributed by atoms with Crippen LogP contribution >= 0.6 is 0 Å². The molecule has 6 nitrogen and oxygen atoms in total. The van der Waals surface area contributed by atoms with Gasteiger partial charge < -0.3 is 28.2 Å². The maximum Gasteiger partial charge on any atom is 0.322 e. The van der Waals surface area contributed by atoms with Crippen molar-refractivity contribution in [2.45, 2.75) is 0 Å². The van der Waals surface area contributed by atoms with Gasteiger partial charge in [0.25, 0.3) is 0 Å². The van der Waals surface area contributed by atoms with Crippen molar-refractivity contribution in [3.05, 3.63) is 24.3 Å². The largest absolute Gasteiger partial charge is 0.566 e. The van der Waals surface area contributed by atoms with Gasteiger partial charge in [-0.2, -0.15) is 0 Å². The maximum atomic E-state index is 5.58. The molecule has 0 N–H and O–H groups in total. The molecular formula is C12H16B6N2O4. The summed E-state index contributed by atoms with van der Waals surface area (Å²) in [4.78, 5) is 4.10. The number of rotatable bonds is 4. The van der Waals surface area contributed by atoms with Crippen molar-refractivity contribution >= 4 is 70.9 Å². The van der Waals surface area contributed by atoms with Gasteiger partial charge in [-0.05, 0) is 24.3 Å². The smallest absolute Gasteiger partial charge is 0.322 e. The third-order valence-corrected chi connectivity index (χ3v) is 4.38. The Hall–Kier alpha value is -2.37. The summed E-state index contributed by atoms with van der Waals surface area (Å²) in [5.41, 5.74) is 3.66. The van der Waals surface area contributed by atoms with E-state index in [-0.39, 0.29) is 0 Å². The minimum absolute atomic E-state index is 0.760. The van der Waals surface area contributed by atoms with Gasteiger partial charge in [0.2, 0.25) is 16.0 Å². The highest BCUT2D eigenvalue weighted by atomic mass is 16.4. The Balaban J connectivity index is 2.37. The summed E-state index contributed by atoms with van der Waals surface area (Å²) < 4.78 is 22.3. The molecule has 116 valence electrons. The average Bonchev–Trinajstić information content (AvgIpc) is 2.63. The van der Waals surface area contributed by atoms with E-state index in [9.17, 15) is 0 Å². The minimum atomic E-state index is 0.760. The normalized spacial score (nSPS) is 12.2. The molecule has 1 aliphatic heterocycles. The summed E-state index contributed by atoms with van der Waals surface area (Å²) in [6.45, 7) is 0. The molecule has 24 heavy (non-hydrogen) atoms. The molecule has 0 amide bonds. The predicted molar refractivity (Wildman–Crippen MR) is 111 cm³/mol. The monoisotopic (exact) mass is 318 g/mol. The molecule has 2 aromatic carbocycles. The molecule has 1 heterocycles. The maximum absolute atomic E-state index is 5.58. The van der Waals surface area contributed by atoms with Crippen LogP contribution in [-0.2, 0) is 0 Å². The van der Waals surface area contributed by atoms with Crippen LogP contribution in [0.4, 0.5) is 22.7 Å². The van der Waals surface area contributed by atoms with E-state index in [0.29, 0.717) is 0 Å². The Labute approximate surface area is 147 Å². The summed E-state index contributed by atoms with van der Waals surface area (Å²) in [5.74, 6) is 3.04. The van der Waals surface area contributed by atoms with Gasteiger partial charge in [-0.25, -0.2) is 0 Å². The summed E-state index contributed by atoms with van der Waals surface area (Å²) >= 11 is 0. The Morgan fingerprint density at radius 1 is 0.500 bits per heavy atom. The van der Waals surface area contributed by atoms with Crippen molar-refractivity contribution < 1.29 is 18.6 Å². The zero-order chi connectivity index (χ0) is 17.4. The van der Waals surface area contributed by atoms with E-state index in [2.05, 4.69) is 0 Å². The fourth-order valence-electron chi connectivity index (χ4n) is 3.26. The van der Waals surface area contributed by atoms with Gasteiger partial charge in [0, 0.05) is 0 Å². The SMILES string of the molecule is BOc1ccc(OB)c2c1N(B)c1c(OB)ccc(OB)c1N2B. The van der Waals surface area contributed by atoms with Gasteiger partial charge in [-0.15, -0.1) is 0 Å². The second-order valence-corrected chi connectivity index (χ2v) is 5.45. The molecule has 12 heteroatoms. The third kappa shape index (κ3) is 2.20. The van der Waals surface area contributed by atoms with E-state index in [1.54, 1.807) is 32.2 Å². The van der Waals surface area contributed by atoms with Crippen LogP contribution in [0.25, 0.3) is 0 Å². The van der Waals surface area contributed by atoms with Gasteiger partial charge in [0.05, 0.1) is 22.7 Å². The zero-order valence-electron chi connectivity index (χ0n) is 14.8. The van der Waals surface area contributed by atoms with Crippen LogP contribution in [0.3, 0.4) is 0 Å². The molecule has 0 bridgehead atoms. The van der Waals surface area contributed by atoms with Crippen LogP contribution in [-0.4, -0.2) is 48.2 Å². The molecule has 0 saturated heterocycles. The van der Waals surface area contributed by atoms with Crippen molar-refractivity contribution in [1.82, 2.24) is 0 Å². The van der Waals surface area contributed by atoms with Crippen LogP contribution in [0.15, 0.2) is 24.3 Å². The summed E-state index contributed by atoms with van der Waals surface area (Å²) in [6.07, 6.45) is 0. The lowest BCUT2D eigenvalue weighted by Gasteiger charge is -2.40. The first-order valence-corrected chi connectivity index (χ1v) is 7.56. The van der Waals surface area contributed by atoms with E-state index < -0.39 is 0 Å². The molecule has 1 aliphatic rings. The fourth-order valence-corrected chi connectivity index (χ4v) is 3.26. The van der Waals surface area contributed by atoms with Crippen LogP contribution in [0.2, 0.25) is 0 Å². The highest BCUT2D eigenvalue weighted by Gasteiger charge is 2.33. The van der Waals surface area contributed by atoms with E-state index in [1.807, 2.05) is 49.8 Å². The molecule has 0 spiro atoms. The molecule has 0 fully saturated rings. The van der Waals surface area contributed by atoms with Crippen molar-refractivity contribution in [2.24, 2.45) is 0 Å². The molecule has 0 saturated carbocycles. The Bertz CT molecular complexity index is 665. The fraction of sp³-hybridized carbons (Fsp3) is 0. The summed E-state index contributed by atoms with van der Waals surface area (Å²) in [5, 5.41) is 0. The number of fused-ring (bicyclic) bond motifs is 2. The summed E-state index contributed by atoms with van der Waals surface area (Å²) in [6, 6.07) is 7.61. The predicted octanol–water partition coefficient (Wildman–Crippen LogP) is -2.92. The molecule has 0 atom stereocenters. The Morgan fingerprint density at radius 3 is 0.875 bits per heavy atom. The number of anilines is 4. The van der Waals surface area contributed by atoms with E-state index >= 15 is 0 Å². The first kappa shape index (κ1) is 16.5. The van der Waals surface area contributed by atoms with Gasteiger partial charge >= 0.3 is 32.2 Å². The first-order valence-electron chi connectivity index (χ1n) is 7.56. The lowest BCUT2D eigenvalue weighted by atomic mass is 9.97. The van der Waals surface area contributed by atoms with Crippen molar-refractivity contribution in [1.29, 1.82) is 0 Å². The molecule has 0 aliphatic carbocycles. The third-order valence-electron chi connectivity index (χ3n) is 4.38. The zero-order valence-corrected chi connectivity index (χ0v) is 14.8. The highest BCUT2D eigenvalue weighted by Crippen LogP contribution is 2.58. The van der Waals surface area contributed by atoms with Crippen molar-refractivity contribution in [2.75, 3.05) is 9.62 Å². The standard InChI is InChI=1S/C12H16B6N2O4/c13-19-9-5(21-15)1-2-6(22-16)10(9)20(14)12-8(24-18)4-3-7(23-17)11(12)19/h1-4H,13-18H2. The Kier molecular flexibility index (Phi) is 4.30. The number of benzene rings is 2. The molecule has 3 rings (SSSR count). The van der Waals surface area contributed by atoms with Crippen molar-refractivity contribution in [3.8, 4) is 23.0 Å². The lowest BCUT2D eigenvalue weighted by molar-refractivity contribution is 0.592. The second kappa shape index (κ2) is 6.26. The summed E-state index contributed by atoms with van der Waals surface area (Å²) in [7, 11) is 10.6. The quantitative estimate of drug-likeness (QED) is 0.563. The number of hydrogen-bond acceptors (Lipinski definition) is 6. The number of nitrogens with zero attached hydrogens (tertiary/aromatic N) is 2. The number of hydrogen-bond donors (Lipinski definition) is 0. The van der Waals surface area contributed by atoms with E-state index in [1.165, 1.54) is 0 Å². The second-order valence-electron chi connectivity index (χ2n) is 5.45. The average molecular weight is 317 g/mol. The highest BCUT2D eigenvalue weighted by molar-refractivity contribution is 6.35. The molecular weight excluding hydrogens is 301 g/mol. The molecule has 2 aromatic rings. The van der Waals surface area contributed by atoms with Gasteiger partial charge in [-0.3, -0.25) is 0 Å². The van der Waals surface area contributed by atoms with Gasteiger partial charge in [0.1, 0.15) is 23.0 Å². The van der Waals surface area contributed by atoms with Gasteiger partial charge in [-0.1, -0.05) is 0 Å². The lowest BCUT2D eigenvalue weighted by Crippen LogP contribution is -2.28. The van der Waals surface area contributed by atoms with Crippen LogP contribution < -0.4 is 28.2 Å². The van der Waals surface area contributed by atoms with E-state index in [4.69, 9.17) is 18.6 Å². The molecule has 0 aromatic heterocycles. The van der Waals surface area contributed by atoms with E-state index in [0.717, 1.165) is 45.7 Å². The molecule has 0 unspecified atom stereocenters. The minimum Gasteiger partial charge on any atom is -0.566 e.